The van der Waals surface area contributed by atoms with E-state index in [4.69, 9.17) is 4.74 Å². The third-order valence-electron chi connectivity index (χ3n) is 3.90. The zero-order chi connectivity index (χ0) is 16.8. The summed E-state index contributed by atoms with van der Waals surface area (Å²) in [4.78, 5) is 28.0. The third kappa shape index (κ3) is 4.96. The molecular weight excluding hydrogens is 294 g/mol. The van der Waals surface area contributed by atoms with E-state index >= 15 is 0 Å². The number of methoxy groups -OCH3 is 1. The molecule has 1 aromatic carbocycles. The Morgan fingerprint density at radius 3 is 2.52 bits per heavy atom. The van der Waals surface area contributed by atoms with Crippen molar-refractivity contribution in [2.75, 3.05) is 45.2 Å². The first-order chi connectivity index (χ1) is 11.0. The van der Waals surface area contributed by atoms with Gasteiger partial charge in [0, 0.05) is 43.9 Å². The average Bonchev–Trinajstić information content (AvgIpc) is 2.54. The van der Waals surface area contributed by atoms with Crippen molar-refractivity contribution in [3.05, 3.63) is 24.3 Å². The lowest BCUT2D eigenvalue weighted by molar-refractivity contribution is -0.136. The van der Waals surface area contributed by atoms with E-state index < -0.39 is 0 Å². The Balaban J connectivity index is 1.79. The summed E-state index contributed by atoms with van der Waals surface area (Å²) in [7, 11) is 1.60. The Kier molecular flexibility index (Phi) is 5.98. The van der Waals surface area contributed by atoms with Crippen LogP contribution in [-0.2, 0) is 9.59 Å². The lowest BCUT2D eigenvalue weighted by Gasteiger charge is -2.35. The first-order valence-electron chi connectivity index (χ1n) is 7.94. The van der Waals surface area contributed by atoms with Gasteiger partial charge in [0.1, 0.15) is 5.75 Å². The number of hydrogen-bond acceptors (Lipinski definition) is 4. The molecule has 1 aliphatic heterocycles. The molecule has 0 saturated carbocycles. The molecule has 1 N–H and O–H groups in total. The SMILES string of the molecule is COc1cccc(NC(=O)CN2CCN(C(=O)C(C)C)CC2)c1. The van der Waals surface area contributed by atoms with Crippen LogP contribution in [0, 0.1) is 5.92 Å². The number of anilines is 1. The molecule has 23 heavy (non-hydrogen) atoms. The van der Waals surface area contributed by atoms with Gasteiger partial charge in [-0.1, -0.05) is 19.9 Å². The van der Waals surface area contributed by atoms with Gasteiger partial charge < -0.3 is 15.0 Å². The second-order valence-electron chi connectivity index (χ2n) is 6.04. The summed E-state index contributed by atoms with van der Waals surface area (Å²) in [5, 5.41) is 2.87. The fourth-order valence-corrected chi connectivity index (χ4v) is 2.60. The molecule has 1 aliphatic rings. The maximum absolute atomic E-state index is 12.1. The van der Waals surface area contributed by atoms with Crippen molar-refractivity contribution in [1.82, 2.24) is 9.80 Å². The van der Waals surface area contributed by atoms with Gasteiger partial charge in [-0.25, -0.2) is 0 Å². The van der Waals surface area contributed by atoms with Crippen LogP contribution in [0.5, 0.6) is 5.75 Å². The molecule has 1 saturated heterocycles. The molecular formula is C17H25N3O3. The number of benzene rings is 1. The molecule has 2 rings (SSSR count). The van der Waals surface area contributed by atoms with E-state index in [9.17, 15) is 9.59 Å². The van der Waals surface area contributed by atoms with Gasteiger partial charge in [-0.3, -0.25) is 14.5 Å². The standard InChI is InChI=1S/C17H25N3O3/c1-13(2)17(22)20-9-7-19(8-10-20)12-16(21)18-14-5-4-6-15(11-14)23-3/h4-6,11,13H,7-10,12H2,1-3H3,(H,18,21). The summed E-state index contributed by atoms with van der Waals surface area (Å²) >= 11 is 0. The van der Waals surface area contributed by atoms with Gasteiger partial charge >= 0.3 is 0 Å². The zero-order valence-electron chi connectivity index (χ0n) is 14.0. The summed E-state index contributed by atoms with van der Waals surface area (Å²) in [6.07, 6.45) is 0. The molecule has 0 aromatic heterocycles. The van der Waals surface area contributed by atoms with Crippen LogP contribution in [0.15, 0.2) is 24.3 Å². The van der Waals surface area contributed by atoms with Crippen molar-refractivity contribution in [1.29, 1.82) is 0 Å². The minimum atomic E-state index is -0.0538. The van der Waals surface area contributed by atoms with Gasteiger partial charge in [-0.2, -0.15) is 0 Å². The Hall–Kier alpha value is -2.08. The van der Waals surface area contributed by atoms with E-state index in [-0.39, 0.29) is 17.7 Å². The number of ether oxygens (including phenoxy) is 1. The van der Waals surface area contributed by atoms with Crippen LogP contribution in [0.2, 0.25) is 0 Å². The first-order valence-corrected chi connectivity index (χ1v) is 7.94. The highest BCUT2D eigenvalue weighted by Gasteiger charge is 2.23. The van der Waals surface area contributed by atoms with E-state index in [1.165, 1.54) is 0 Å². The average molecular weight is 319 g/mol. The van der Waals surface area contributed by atoms with Crippen molar-refractivity contribution in [2.24, 2.45) is 5.92 Å². The van der Waals surface area contributed by atoms with Crippen LogP contribution in [0.1, 0.15) is 13.8 Å². The molecule has 0 radical (unpaired) electrons. The molecule has 2 amide bonds. The van der Waals surface area contributed by atoms with E-state index in [0.29, 0.717) is 25.4 Å². The number of amides is 2. The summed E-state index contributed by atoms with van der Waals surface area (Å²) in [5.74, 6) is 0.869. The summed E-state index contributed by atoms with van der Waals surface area (Å²) in [6, 6.07) is 7.29. The third-order valence-corrected chi connectivity index (χ3v) is 3.90. The Morgan fingerprint density at radius 1 is 1.22 bits per heavy atom. The molecule has 1 aromatic rings. The van der Waals surface area contributed by atoms with Gasteiger partial charge in [-0.05, 0) is 12.1 Å². The lowest BCUT2D eigenvalue weighted by atomic mass is 10.1. The first kappa shape index (κ1) is 17.3. The Morgan fingerprint density at radius 2 is 1.91 bits per heavy atom. The van der Waals surface area contributed by atoms with Gasteiger partial charge in [0.25, 0.3) is 0 Å². The molecule has 0 spiro atoms. The fourth-order valence-electron chi connectivity index (χ4n) is 2.60. The Labute approximate surface area is 137 Å². The predicted octanol–water partition coefficient (Wildman–Crippen LogP) is 1.43. The van der Waals surface area contributed by atoms with Crippen LogP contribution < -0.4 is 10.1 Å². The van der Waals surface area contributed by atoms with Crippen molar-refractivity contribution in [2.45, 2.75) is 13.8 Å². The molecule has 0 aliphatic carbocycles. The molecule has 1 fully saturated rings. The molecule has 0 atom stereocenters. The molecule has 0 unspecified atom stereocenters. The van der Waals surface area contributed by atoms with Crippen LogP contribution >= 0.6 is 0 Å². The second kappa shape index (κ2) is 7.97. The highest BCUT2D eigenvalue weighted by atomic mass is 16.5. The maximum Gasteiger partial charge on any atom is 0.238 e. The van der Waals surface area contributed by atoms with Gasteiger partial charge in [0.15, 0.2) is 0 Å². The molecule has 6 heteroatoms. The van der Waals surface area contributed by atoms with Crippen LogP contribution in [0.4, 0.5) is 5.69 Å². The van der Waals surface area contributed by atoms with Gasteiger partial charge in [0.2, 0.25) is 11.8 Å². The van der Waals surface area contributed by atoms with Crippen LogP contribution in [0.3, 0.4) is 0 Å². The van der Waals surface area contributed by atoms with Crippen molar-refractivity contribution in [3.63, 3.8) is 0 Å². The topological polar surface area (TPSA) is 61.9 Å². The van der Waals surface area contributed by atoms with Crippen molar-refractivity contribution < 1.29 is 14.3 Å². The minimum Gasteiger partial charge on any atom is -0.497 e. The minimum absolute atomic E-state index is 0.0258. The highest BCUT2D eigenvalue weighted by molar-refractivity contribution is 5.92. The van der Waals surface area contributed by atoms with Gasteiger partial charge in [0.05, 0.1) is 13.7 Å². The van der Waals surface area contributed by atoms with E-state index in [0.717, 1.165) is 18.8 Å². The summed E-state index contributed by atoms with van der Waals surface area (Å²) in [5.41, 5.74) is 0.725. The maximum atomic E-state index is 12.1. The monoisotopic (exact) mass is 319 g/mol. The summed E-state index contributed by atoms with van der Waals surface area (Å²) in [6.45, 7) is 6.98. The van der Waals surface area contributed by atoms with E-state index in [1.807, 2.05) is 36.9 Å². The van der Waals surface area contributed by atoms with Crippen molar-refractivity contribution >= 4 is 17.5 Å². The summed E-state index contributed by atoms with van der Waals surface area (Å²) < 4.78 is 5.14. The molecule has 126 valence electrons. The largest absolute Gasteiger partial charge is 0.497 e. The number of hydrogen-bond donors (Lipinski definition) is 1. The zero-order valence-corrected chi connectivity index (χ0v) is 14.0. The number of nitrogens with one attached hydrogen (secondary N) is 1. The normalized spacial score (nSPS) is 15.6. The molecule has 0 bridgehead atoms. The van der Waals surface area contributed by atoms with Crippen LogP contribution in [0.25, 0.3) is 0 Å². The number of carbonyl (C=O) groups is 2. The Bertz CT molecular complexity index is 552. The van der Waals surface area contributed by atoms with E-state index in [1.54, 1.807) is 13.2 Å². The molecule has 6 nitrogen and oxygen atoms in total. The van der Waals surface area contributed by atoms with E-state index in [2.05, 4.69) is 10.2 Å². The number of nitrogens with zero attached hydrogens (tertiary/aromatic N) is 2. The number of carbonyl (C=O) groups excluding carboxylic acids is 2. The van der Waals surface area contributed by atoms with Crippen LogP contribution in [-0.4, -0.2) is 61.4 Å². The van der Waals surface area contributed by atoms with Gasteiger partial charge in [-0.15, -0.1) is 0 Å². The quantitative estimate of drug-likeness (QED) is 0.892. The predicted molar refractivity (Wildman–Crippen MR) is 89.5 cm³/mol. The fraction of sp³-hybridized carbons (Fsp3) is 0.529. The number of piperazine rings is 1. The lowest BCUT2D eigenvalue weighted by Crippen LogP contribution is -2.51. The second-order valence-corrected chi connectivity index (χ2v) is 6.04. The smallest absolute Gasteiger partial charge is 0.238 e. The number of rotatable bonds is 5. The highest BCUT2D eigenvalue weighted by Crippen LogP contribution is 2.16. The molecule has 1 heterocycles. The van der Waals surface area contributed by atoms with Crippen molar-refractivity contribution in [3.8, 4) is 5.75 Å².